The summed E-state index contributed by atoms with van der Waals surface area (Å²) in [5.74, 6) is -1.38. The summed E-state index contributed by atoms with van der Waals surface area (Å²) in [6, 6.07) is 6.59. The molecule has 8 heteroatoms. The van der Waals surface area contributed by atoms with Gasteiger partial charge in [0.1, 0.15) is 5.82 Å². The Kier molecular flexibility index (Phi) is 5.63. The van der Waals surface area contributed by atoms with Gasteiger partial charge in [-0.1, -0.05) is 0 Å². The summed E-state index contributed by atoms with van der Waals surface area (Å²) in [4.78, 5) is 11.9. The molecule has 0 fully saturated rings. The van der Waals surface area contributed by atoms with Gasteiger partial charge in [-0.15, -0.1) is 0 Å². The Bertz CT molecular complexity index is 776. The molecule has 0 aliphatic heterocycles. The molecule has 0 saturated heterocycles. The van der Waals surface area contributed by atoms with E-state index in [2.05, 4.69) is 10.1 Å². The second-order valence-corrected chi connectivity index (χ2v) is 5.21. The lowest BCUT2D eigenvalue weighted by atomic mass is 10.1. The molecule has 0 spiro atoms. The molecule has 0 aliphatic carbocycles. The Labute approximate surface area is 141 Å². The highest BCUT2D eigenvalue weighted by atomic mass is 19.4. The lowest BCUT2D eigenvalue weighted by molar-refractivity contribution is -0.137. The zero-order valence-electron chi connectivity index (χ0n) is 13.3. The maximum atomic E-state index is 13.4. The number of esters is 1. The van der Waals surface area contributed by atoms with Crippen LogP contribution in [-0.4, -0.2) is 19.6 Å². The van der Waals surface area contributed by atoms with Crippen LogP contribution in [0, 0.1) is 5.82 Å². The van der Waals surface area contributed by atoms with Gasteiger partial charge in [-0.05, 0) is 54.9 Å². The van der Waals surface area contributed by atoms with Gasteiger partial charge in [-0.25, -0.2) is 9.18 Å². The first kappa shape index (κ1) is 18.7. The standard InChI is InChI=1S/C17H16F4N2O2/c1-25-16(24)13-9-11(17(19,20)21)2-4-15(13)23-14-5-3-12(18)8-10(14)6-7-22/h2-5,8-9,23H,6-7,22H2,1H3. The fraction of sp³-hybridized carbons (Fsp3) is 0.235. The number of alkyl halides is 3. The third kappa shape index (κ3) is 4.48. The Balaban J connectivity index is 2.47. The van der Waals surface area contributed by atoms with Crippen molar-refractivity contribution in [1.29, 1.82) is 0 Å². The predicted molar refractivity (Wildman–Crippen MR) is 85.2 cm³/mol. The SMILES string of the molecule is COC(=O)c1cc(C(F)(F)F)ccc1Nc1ccc(F)cc1CCN. The third-order valence-corrected chi connectivity index (χ3v) is 3.50. The molecule has 134 valence electrons. The van der Waals surface area contributed by atoms with Crippen molar-refractivity contribution in [3.63, 3.8) is 0 Å². The maximum absolute atomic E-state index is 13.4. The van der Waals surface area contributed by atoms with Crippen LogP contribution in [0.3, 0.4) is 0 Å². The highest BCUT2D eigenvalue weighted by Crippen LogP contribution is 2.33. The summed E-state index contributed by atoms with van der Waals surface area (Å²) < 4.78 is 56.6. The first-order valence-electron chi connectivity index (χ1n) is 7.31. The van der Waals surface area contributed by atoms with Gasteiger partial charge in [0, 0.05) is 5.69 Å². The number of hydrogen-bond donors (Lipinski definition) is 2. The molecule has 0 aliphatic rings. The molecule has 2 aromatic carbocycles. The Morgan fingerprint density at radius 3 is 2.44 bits per heavy atom. The van der Waals surface area contributed by atoms with E-state index in [9.17, 15) is 22.4 Å². The number of ether oxygens (including phenoxy) is 1. The molecule has 3 N–H and O–H groups in total. The van der Waals surface area contributed by atoms with Crippen LogP contribution in [0.25, 0.3) is 0 Å². The minimum atomic E-state index is -4.60. The van der Waals surface area contributed by atoms with Crippen molar-refractivity contribution >= 4 is 17.3 Å². The van der Waals surface area contributed by atoms with Crippen LogP contribution in [0.15, 0.2) is 36.4 Å². The van der Waals surface area contributed by atoms with E-state index >= 15 is 0 Å². The van der Waals surface area contributed by atoms with Gasteiger partial charge in [0.05, 0.1) is 23.9 Å². The average molecular weight is 356 g/mol. The van der Waals surface area contributed by atoms with E-state index < -0.39 is 23.5 Å². The van der Waals surface area contributed by atoms with Gasteiger partial charge in [0.15, 0.2) is 0 Å². The van der Waals surface area contributed by atoms with E-state index in [1.807, 2.05) is 0 Å². The lowest BCUT2D eigenvalue weighted by Crippen LogP contribution is -2.12. The van der Waals surface area contributed by atoms with Gasteiger partial charge >= 0.3 is 12.1 Å². The molecular formula is C17H16F4N2O2. The smallest absolute Gasteiger partial charge is 0.416 e. The summed E-state index contributed by atoms with van der Waals surface area (Å²) in [5, 5.41) is 2.86. The molecule has 0 unspecified atom stereocenters. The predicted octanol–water partition coefficient (Wildman–Crippen LogP) is 3.88. The van der Waals surface area contributed by atoms with Crippen molar-refractivity contribution in [3.8, 4) is 0 Å². The number of rotatable bonds is 5. The van der Waals surface area contributed by atoms with Crippen molar-refractivity contribution in [2.45, 2.75) is 12.6 Å². The minimum absolute atomic E-state index is 0.115. The van der Waals surface area contributed by atoms with Gasteiger partial charge < -0.3 is 15.8 Å². The summed E-state index contributed by atoms with van der Waals surface area (Å²) >= 11 is 0. The number of benzene rings is 2. The molecule has 2 aromatic rings. The molecule has 0 heterocycles. The zero-order valence-corrected chi connectivity index (χ0v) is 13.3. The number of carbonyl (C=O) groups is 1. The lowest BCUT2D eigenvalue weighted by Gasteiger charge is -2.16. The molecule has 4 nitrogen and oxygen atoms in total. The highest BCUT2D eigenvalue weighted by molar-refractivity contribution is 5.97. The van der Waals surface area contributed by atoms with Crippen LogP contribution >= 0.6 is 0 Å². The number of carbonyl (C=O) groups excluding carboxylic acids is 1. The van der Waals surface area contributed by atoms with Crippen molar-refractivity contribution in [2.75, 3.05) is 19.0 Å². The molecule has 0 saturated carbocycles. The van der Waals surface area contributed by atoms with Crippen molar-refractivity contribution in [2.24, 2.45) is 5.73 Å². The van der Waals surface area contributed by atoms with E-state index in [-0.39, 0.29) is 17.8 Å². The largest absolute Gasteiger partial charge is 0.465 e. The molecule has 0 amide bonds. The molecule has 0 radical (unpaired) electrons. The van der Waals surface area contributed by atoms with E-state index in [1.54, 1.807) is 0 Å². The van der Waals surface area contributed by atoms with E-state index in [0.29, 0.717) is 23.7 Å². The normalized spacial score (nSPS) is 11.3. The highest BCUT2D eigenvalue weighted by Gasteiger charge is 2.32. The van der Waals surface area contributed by atoms with Crippen LogP contribution in [0.1, 0.15) is 21.5 Å². The van der Waals surface area contributed by atoms with Gasteiger partial charge in [-0.3, -0.25) is 0 Å². The second-order valence-electron chi connectivity index (χ2n) is 5.21. The first-order chi connectivity index (χ1) is 11.8. The number of hydrogen-bond acceptors (Lipinski definition) is 4. The molecule has 0 aromatic heterocycles. The summed E-state index contributed by atoms with van der Waals surface area (Å²) in [7, 11) is 1.07. The Morgan fingerprint density at radius 1 is 1.16 bits per heavy atom. The third-order valence-electron chi connectivity index (χ3n) is 3.50. The van der Waals surface area contributed by atoms with Crippen molar-refractivity contribution < 1.29 is 27.1 Å². The number of nitrogens with two attached hydrogens (primary N) is 1. The van der Waals surface area contributed by atoms with Crippen molar-refractivity contribution in [3.05, 3.63) is 58.9 Å². The first-order valence-corrected chi connectivity index (χ1v) is 7.31. The minimum Gasteiger partial charge on any atom is -0.465 e. The number of nitrogens with one attached hydrogen (secondary N) is 1. The second kappa shape index (κ2) is 7.52. The monoisotopic (exact) mass is 356 g/mol. The molecular weight excluding hydrogens is 340 g/mol. The van der Waals surface area contributed by atoms with E-state index in [4.69, 9.17) is 5.73 Å². The van der Waals surface area contributed by atoms with Crippen LogP contribution < -0.4 is 11.1 Å². The molecule has 2 rings (SSSR count). The quantitative estimate of drug-likeness (QED) is 0.630. The van der Waals surface area contributed by atoms with Gasteiger partial charge in [-0.2, -0.15) is 13.2 Å². The van der Waals surface area contributed by atoms with Crippen LogP contribution in [0.4, 0.5) is 28.9 Å². The Morgan fingerprint density at radius 2 is 1.84 bits per heavy atom. The topological polar surface area (TPSA) is 64.3 Å². The number of halogens is 4. The van der Waals surface area contributed by atoms with Gasteiger partial charge in [0.2, 0.25) is 0 Å². The van der Waals surface area contributed by atoms with Crippen molar-refractivity contribution in [1.82, 2.24) is 0 Å². The summed E-state index contributed by atoms with van der Waals surface area (Å²) in [6.45, 7) is 0.259. The average Bonchev–Trinajstić information content (AvgIpc) is 2.56. The molecule has 0 atom stereocenters. The molecule has 25 heavy (non-hydrogen) atoms. The maximum Gasteiger partial charge on any atom is 0.416 e. The van der Waals surface area contributed by atoms with Crippen LogP contribution in [0.5, 0.6) is 0 Å². The number of methoxy groups -OCH3 is 1. The molecule has 0 bridgehead atoms. The van der Waals surface area contributed by atoms with Gasteiger partial charge in [0.25, 0.3) is 0 Å². The number of anilines is 2. The fourth-order valence-electron chi connectivity index (χ4n) is 2.30. The fourth-order valence-corrected chi connectivity index (χ4v) is 2.30. The van der Waals surface area contributed by atoms with Crippen LogP contribution in [-0.2, 0) is 17.3 Å². The Hall–Kier alpha value is -2.61. The van der Waals surface area contributed by atoms with Crippen LogP contribution in [0.2, 0.25) is 0 Å². The summed E-state index contributed by atoms with van der Waals surface area (Å²) in [6.07, 6.45) is -4.24. The van der Waals surface area contributed by atoms with E-state index in [0.717, 1.165) is 19.2 Å². The van der Waals surface area contributed by atoms with E-state index in [1.165, 1.54) is 18.2 Å². The zero-order chi connectivity index (χ0) is 18.6. The summed E-state index contributed by atoms with van der Waals surface area (Å²) in [5.41, 5.74) is 5.34.